The number of carbonyl (C=O) groups is 2. The summed E-state index contributed by atoms with van der Waals surface area (Å²) in [5.74, 6) is -0.502. The molecule has 0 heterocycles. The molecule has 3 rings (SSSR count). The summed E-state index contributed by atoms with van der Waals surface area (Å²) in [6.45, 7) is 3.88. The van der Waals surface area contributed by atoms with Gasteiger partial charge >= 0.3 is 0 Å². The largest absolute Gasteiger partial charge is 0.491 e. The number of hydrogen-bond acceptors (Lipinski definition) is 3. The van der Waals surface area contributed by atoms with Crippen molar-refractivity contribution in [2.75, 3.05) is 10.6 Å². The molecule has 2 amide bonds. The van der Waals surface area contributed by atoms with Gasteiger partial charge < -0.3 is 15.4 Å². The van der Waals surface area contributed by atoms with Crippen LogP contribution in [0.3, 0.4) is 0 Å². The number of carbonyl (C=O) groups excluding carboxylic acids is 2. The van der Waals surface area contributed by atoms with Gasteiger partial charge in [0.2, 0.25) is 0 Å². The minimum Gasteiger partial charge on any atom is -0.491 e. The zero-order valence-corrected chi connectivity index (χ0v) is 16.1. The molecule has 0 atom stereocenters. The van der Waals surface area contributed by atoms with Crippen molar-refractivity contribution in [3.05, 3.63) is 89.7 Å². The van der Waals surface area contributed by atoms with Gasteiger partial charge in [-0.15, -0.1) is 0 Å². The van der Waals surface area contributed by atoms with Crippen LogP contribution in [0.1, 0.15) is 34.6 Å². The van der Waals surface area contributed by atoms with E-state index in [1.54, 1.807) is 48.5 Å². The monoisotopic (exact) mass is 392 g/mol. The smallest absolute Gasteiger partial charge is 0.255 e. The number of hydrogen-bond donors (Lipinski definition) is 2. The van der Waals surface area contributed by atoms with Crippen LogP contribution in [0, 0.1) is 5.82 Å². The van der Waals surface area contributed by atoms with Crippen LogP contribution in [-0.2, 0) is 0 Å². The lowest BCUT2D eigenvalue weighted by atomic mass is 10.1. The first-order valence-electron chi connectivity index (χ1n) is 9.16. The van der Waals surface area contributed by atoms with Crippen molar-refractivity contribution in [3.63, 3.8) is 0 Å². The van der Waals surface area contributed by atoms with Crippen molar-refractivity contribution in [2.45, 2.75) is 20.0 Å². The Morgan fingerprint density at radius 1 is 0.793 bits per heavy atom. The molecule has 0 unspecified atom stereocenters. The Morgan fingerprint density at radius 2 is 1.38 bits per heavy atom. The molecule has 0 aliphatic heterocycles. The molecule has 0 aromatic heterocycles. The van der Waals surface area contributed by atoms with Crippen LogP contribution < -0.4 is 15.4 Å². The summed E-state index contributed by atoms with van der Waals surface area (Å²) in [7, 11) is 0. The predicted octanol–water partition coefficient (Wildman–Crippen LogP) is 5.12. The van der Waals surface area contributed by atoms with Crippen LogP contribution in [-0.4, -0.2) is 17.9 Å². The number of nitrogens with one attached hydrogen (secondary N) is 2. The lowest BCUT2D eigenvalue weighted by molar-refractivity contribution is 0.102. The Balaban J connectivity index is 1.68. The Bertz CT molecular complexity index is 1020. The normalized spacial score (nSPS) is 10.5. The van der Waals surface area contributed by atoms with Crippen LogP contribution in [0.2, 0.25) is 0 Å². The molecule has 0 aliphatic rings. The highest BCUT2D eigenvalue weighted by atomic mass is 19.1. The third kappa shape index (κ3) is 5.65. The minimum atomic E-state index is -0.444. The van der Waals surface area contributed by atoms with Gasteiger partial charge in [-0.05, 0) is 74.5 Å². The summed E-state index contributed by atoms with van der Waals surface area (Å²) in [5.41, 5.74) is 1.58. The van der Waals surface area contributed by atoms with Crippen LogP contribution in [0.15, 0.2) is 72.8 Å². The molecule has 3 aromatic carbocycles. The van der Waals surface area contributed by atoms with E-state index < -0.39 is 11.7 Å². The Morgan fingerprint density at radius 3 is 1.97 bits per heavy atom. The van der Waals surface area contributed by atoms with Gasteiger partial charge in [0.1, 0.15) is 11.6 Å². The highest BCUT2D eigenvalue weighted by Crippen LogP contribution is 2.18. The Labute approximate surface area is 168 Å². The van der Waals surface area contributed by atoms with E-state index in [-0.39, 0.29) is 12.0 Å². The quantitative estimate of drug-likeness (QED) is 0.612. The number of anilines is 2. The van der Waals surface area contributed by atoms with E-state index >= 15 is 0 Å². The fourth-order valence-electron chi connectivity index (χ4n) is 2.66. The zero-order valence-electron chi connectivity index (χ0n) is 16.1. The van der Waals surface area contributed by atoms with Crippen molar-refractivity contribution in [2.24, 2.45) is 0 Å². The van der Waals surface area contributed by atoms with Crippen molar-refractivity contribution < 1.29 is 18.7 Å². The third-order valence-electron chi connectivity index (χ3n) is 3.95. The summed E-state index contributed by atoms with van der Waals surface area (Å²) in [5, 5.41) is 5.40. The lowest BCUT2D eigenvalue weighted by Crippen LogP contribution is -2.15. The second-order valence-electron chi connectivity index (χ2n) is 6.69. The Hall–Kier alpha value is -3.67. The summed E-state index contributed by atoms with van der Waals surface area (Å²) in [4.78, 5) is 24.9. The second-order valence-corrected chi connectivity index (χ2v) is 6.69. The fraction of sp³-hybridized carbons (Fsp3) is 0.130. The highest BCUT2D eigenvalue weighted by Gasteiger charge is 2.12. The maximum Gasteiger partial charge on any atom is 0.255 e. The van der Waals surface area contributed by atoms with Crippen LogP contribution in [0.4, 0.5) is 15.8 Å². The van der Waals surface area contributed by atoms with Gasteiger partial charge in [0.15, 0.2) is 0 Å². The van der Waals surface area contributed by atoms with Crippen molar-refractivity contribution >= 4 is 23.2 Å². The maximum atomic E-state index is 13.3. The predicted molar refractivity (Wildman–Crippen MR) is 111 cm³/mol. The lowest BCUT2D eigenvalue weighted by Gasteiger charge is -2.11. The average Bonchev–Trinajstić information content (AvgIpc) is 2.69. The van der Waals surface area contributed by atoms with Crippen LogP contribution in [0.5, 0.6) is 5.75 Å². The standard InChI is InChI=1S/C23H21FN2O3/c1-15(2)29-21-11-9-19(10-12-21)25-22(27)16-5-3-6-17(13-16)23(28)26-20-8-4-7-18(24)14-20/h3-15H,1-2H3,(H,25,27)(H,26,28). The van der Waals surface area contributed by atoms with Gasteiger partial charge in [0.25, 0.3) is 11.8 Å². The molecular formula is C23H21FN2O3. The van der Waals surface area contributed by atoms with Gasteiger partial charge in [-0.3, -0.25) is 9.59 Å². The first-order chi connectivity index (χ1) is 13.9. The molecule has 0 radical (unpaired) electrons. The van der Waals surface area contributed by atoms with E-state index in [0.29, 0.717) is 28.3 Å². The van der Waals surface area contributed by atoms with Gasteiger partial charge in [-0.2, -0.15) is 0 Å². The van der Waals surface area contributed by atoms with Crippen LogP contribution >= 0.6 is 0 Å². The van der Waals surface area contributed by atoms with Gasteiger partial charge in [-0.25, -0.2) is 4.39 Å². The SMILES string of the molecule is CC(C)Oc1ccc(NC(=O)c2cccc(C(=O)Nc3cccc(F)c3)c2)cc1. The van der Waals surface area contributed by atoms with E-state index in [0.717, 1.165) is 0 Å². The summed E-state index contributed by atoms with van der Waals surface area (Å²) >= 11 is 0. The molecule has 0 spiro atoms. The first kappa shape index (κ1) is 20.1. The minimum absolute atomic E-state index is 0.0664. The first-order valence-corrected chi connectivity index (χ1v) is 9.16. The Kier molecular flexibility index (Phi) is 6.24. The van der Waals surface area contributed by atoms with Gasteiger partial charge in [0.05, 0.1) is 6.10 Å². The van der Waals surface area contributed by atoms with Crippen LogP contribution in [0.25, 0.3) is 0 Å². The summed E-state index contributed by atoms with van der Waals surface area (Å²) in [6.07, 6.45) is 0.0664. The molecule has 148 valence electrons. The highest BCUT2D eigenvalue weighted by molar-refractivity contribution is 6.08. The maximum absolute atomic E-state index is 13.3. The summed E-state index contributed by atoms with van der Waals surface area (Å²) < 4.78 is 18.8. The van der Waals surface area contributed by atoms with Gasteiger partial charge in [0, 0.05) is 22.5 Å². The van der Waals surface area contributed by atoms with Crippen molar-refractivity contribution in [1.29, 1.82) is 0 Å². The van der Waals surface area contributed by atoms with E-state index in [2.05, 4.69) is 10.6 Å². The van der Waals surface area contributed by atoms with E-state index in [1.165, 1.54) is 24.3 Å². The molecule has 0 fully saturated rings. The molecule has 0 saturated heterocycles. The van der Waals surface area contributed by atoms with Gasteiger partial charge in [-0.1, -0.05) is 12.1 Å². The molecule has 0 saturated carbocycles. The number of rotatable bonds is 6. The number of ether oxygens (including phenoxy) is 1. The van der Waals surface area contributed by atoms with E-state index in [4.69, 9.17) is 4.74 Å². The number of amides is 2. The second kappa shape index (κ2) is 9.01. The molecule has 5 nitrogen and oxygen atoms in total. The van der Waals surface area contributed by atoms with Crippen molar-refractivity contribution in [3.8, 4) is 5.75 Å². The molecule has 0 bridgehead atoms. The molecule has 0 aliphatic carbocycles. The number of halogens is 1. The molecule has 6 heteroatoms. The number of benzene rings is 3. The molecule has 3 aromatic rings. The molecule has 2 N–H and O–H groups in total. The zero-order chi connectivity index (χ0) is 20.8. The van der Waals surface area contributed by atoms with E-state index in [9.17, 15) is 14.0 Å². The average molecular weight is 392 g/mol. The topological polar surface area (TPSA) is 67.4 Å². The van der Waals surface area contributed by atoms with E-state index in [1.807, 2.05) is 13.8 Å². The third-order valence-corrected chi connectivity index (χ3v) is 3.95. The fourth-order valence-corrected chi connectivity index (χ4v) is 2.66. The molecular weight excluding hydrogens is 371 g/mol. The van der Waals surface area contributed by atoms with Crippen molar-refractivity contribution in [1.82, 2.24) is 0 Å². The molecule has 29 heavy (non-hydrogen) atoms. The summed E-state index contributed by atoms with van der Waals surface area (Å²) in [6, 6.07) is 19.0.